The molecule has 1 N–H and O–H groups in total. The van der Waals surface area contributed by atoms with Crippen molar-refractivity contribution in [2.45, 2.75) is 6.42 Å². The number of carbonyl (C=O) groups excluding carboxylic acids is 1. The molecule has 0 unspecified atom stereocenters. The van der Waals surface area contributed by atoms with Crippen LogP contribution in [0.15, 0.2) is 27.1 Å². The third-order valence-corrected chi connectivity index (χ3v) is 3.12. The number of hydrogen-bond donors (Lipinski definition) is 1. The van der Waals surface area contributed by atoms with Crippen LogP contribution in [0.1, 0.15) is 5.56 Å². The Morgan fingerprint density at radius 1 is 1.21 bits per heavy atom. The molecule has 0 radical (unpaired) electrons. The highest BCUT2D eigenvalue weighted by atomic mass is 79.9. The Labute approximate surface area is 97.4 Å². The lowest BCUT2D eigenvalue weighted by Crippen LogP contribution is -2.15. The quantitative estimate of drug-likeness (QED) is 0.870. The van der Waals surface area contributed by atoms with Gasteiger partial charge in [-0.05, 0) is 17.7 Å². The van der Waals surface area contributed by atoms with Gasteiger partial charge in [0, 0.05) is 15.4 Å². The highest BCUT2D eigenvalue weighted by Crippen LogP contribution is 2.25. The second-order valence-corrected chi connectivity index (χ2v) is 4.31. The van der Waals surface area contributed by atoms with E-state index in [9.17, 15) is 9.59 Å². The zero-order chi connectivity index (χ0) is 10.7. The van der Waals surface area contributed by atoms with Crippen molar-refractivity contribution in [1.82, 2.24) is 0 Å². The van der Waals surface area contributed by atoms with Crippen molar-refractivity contribution in [3.8, 4) is 0 Å². The molecule has 0 aromatic heterocycles. The Hall–Kier alpha value is -0.680. The lowest BCUT2D eigenvalue weighted by Gasteiger charge is -2.04. The van der Waals surface area contributed by atoms with Crippen LogP contribution in [0.2, 0.25) is 0 Å². The molecule has 0 saturated heterocycles. The van der Waals surface area contributed by atoms with Gasteiger partial charge in [0.15, 0.2) is 0 Å². The zero-order valence-electron chi connectivity index (χ0n) is 6.96. The number of carboxylic acid groups (broad SMARTS) is 1. The molecule has 3 nitrogen and oxygen atoms in total. The van der Waals surface area contributed by atoms with E-state index in [4.69, 9.17) is 5.11 Å². The molecule has 0 amide bonds. The van der Waals surface area contributed by atoms with Crippen molar-refractivity contribution in [1.29, 1.82) is 0 Å². The van der Waals surface area contributed by atoms with E-state index in [1.54, 1.807) is 18.2 Å². The third kappa shape index (κ3) is 2.65. The number of carboxylic acids is 1. The van der Waals surface area contributed by atoms with E-state index in [-0.39, 0.29) is 6.42 Å². The van der Waals surface area contributed by atoms with Gasteiger partial charge in [-0.25, -0.2) is 4.79 Å². The van der Waals surface area contributed by atoms with Crippen LogP contribution in [0.5, 0.6) is 0 Å². The average Bonchev–Trinajstić information content (AvgIpc) is 2.11. The number of Topliss-reactive ketones (excluding diaryl/α,β-unsaturated/α-hetero) is 1. The van der Waals surface area contributed by atoms with Crippen LogP contribution >= 0.6 is 31.9 Å². The van der Waals surface area contributed by atoms with Gasteiger partial charge in [0.1, 0.15) is 0 Å². The number of benzene rings is 1. The van der Waals surface area contributed by atoms with Crippen molar-refractivity contribution in [3.05, 3.63) is 32.7 Å². The largest absolute Gasteiger partial charge is 0.475 e. The number of ketones is 1. The van der Waals surface area contributed by atoms with Gasteiger partial charge in [0.05, 0.1) is 0 Å². The highest BCUT2D eigenvalue weighted by Gasteiger charge is 2.15. The maximum absolute atomic E-state index is 11.0. The maximum atomic E-state index is 11.0. The predicted molar refractivity (Wildman–Crippen MR) is 58.2 cm³/mol. The van der Waals surface area contributed by atoms with E-state index in [1.165, 1.54) is 0 Å². The van der Waals surface area contributed by atoms with Gasteiger partial charge in [0.25, 0.3) is 0 Å². The van der Waals surface area contributed by atoms with Gasteiger partial charge in [0.2, 0.25) is 5.78 Å². The first-order valence-electron chi connectivity index (χ1n) is 3.71. The minimum Gasteiger partial charge on any atom is -0.475 e. The molecule has 14 heavy (non-hydrogen) atoms. The van der Waals surface area contributed by atoms with Crippen molar-refractivity contribution >= 4 is 43.6 Å². The van der Waals surface area contributed by atoms with Gasteiger partial charge >= 0.3 is 5.97 Å². The van der Waals surface area contributed by atoms with E-state index in [0.717, 1.165) is 8.95 Å². The molecule has 0 fully saturated rings. The first-order chi connectivity index (χ1) is 6.52. The average molecular weight is 322 g/mol. The second-order valence-electron chi connectivity index (χ2n) is 2.61. The molecule has 1 aromatic carbocycles. The van der Waals surface area contributed by atoms with Crippen LogP contribution in [0.3, 0.4) is 0 Å². The van der Waals surface area contributed by atoms with Crippen molar-refractivity contribution in [2.24, 2.45) is 0 Å². The summed E-state index contributed by atoms with van der Waals surface area (Å²) in [6.07, 6.45) is -0.114. The summed E-state index contributed by atoms with van der Waals surface area (Å²) in [7, 11) is 0. The minimum atomic E-state index is -1.41. The summed E-state index contributed by atoms with van der Waals surface area (Å²) in [5.74, 6) is -2.23. The molecular formula is C9H6Br2O3. The van der Waals surface area contributed by atoms with E-state index >= 15 is 0 Å². The van der Waals surface area contributed by atoms with Crippen LogP contribution in [-0.2, 0) is 16.0 Å². The zero-order valence-corrected chi connectivity index (χ0v) is 10.1. The molecule has 0 aliphatic rings. The van der Waals surface area contributed by atoms with Gasteiger partial charge in [-0.1, -0.05) is 37.9 Å². The fourth-order valence-corrected chi connectivity index (χ4v) is 2.22. The smallest absolute Gasteiger partial charge is 0.372 e. The molecule has 0 atom stereocenters. The van der Waals surface area contributed by atoms with E-state index in [1.807, 2.05) is 0 Å². The topological polar surface area (TPSA) is 54.4 Å². The molecule has 0 heterocycles. The van der Waals surface area contributed by atoms with Crippen LogP contribution in [-0.4, -0.2) is 16.9 Å². The molecule has 0 aliphatic carbocycles. The van der Waals surface area contributed by atoms with Crippen molar-refractivity contribution in [3.63, 3.8) is 0 Å². The first-order valence-corrected chi connectivity index (χ1v) is 5.30. The molecule has 0 bridgehead atoms. The molecule has 0 spiro atoms. The van der Waals surface area contributed by atoms with Gasteiger partial charge in [-0.15, -0.1) is 0 Å². The molecular weight excluding hydrogens is 316 g/mol. The number of halogens is 2. The SMILES string of the molecule is O=C(O)C(=O)Cc1c(Br)cccc1Br. The summed E-state index contributed by atoms with van der Waals surface area (Å²) in [5.41, 5.74) is 0.653. The number of aliphatic carboxylic acids is 1. The first kappa shape index (κ1) is 11.4. The molecule has 5 heteroatoms. The Bertz CT molecular complexity index is 367. The Balaban J connectivity index is 2.97. The van der Waals surface area contributed by atoms with E-state index in [0.29, 0.717) is 5.56 Å². The normalized spacial score (nSPS) is 9.86. The van der Waals surface area contributed by atoms with Gasteiger partial charge in [-0.3, -0.25) is 4.79 Å². The van der Waals surface area contributed by atoms with Crippen LogP contribution < -0.4 is 0 Å². The van der Waals surface area contributed by atoms with Gasteiger partial charge < -0.3 is 5.11 Å². The summed E-state index contributed by atoms with van der Waals surface area (Å²) < 4.78 is 1.45. The standard InChI is InChI=1S/C9H6Br2O3/c10-6-2-1-3-7(11)5(6)4-8(12)9(13)14/h1-3H,4H2,(H,13,14). The molecule has 0 saturated carbocycles. The maximum Gasteiger partial charge on any atom is 0.372 e. The minimum absolute atomic E-state index is 0.114. The predicted octanol–water partition coefficient (Wildman–Crippen LogP) is 2.41. The Kier molecular flexibility index (Phi) is 3.83. The van der Waals surface area contributed by atoms with Crippen LogP contribution in [0.25, 0.3) is 0 Å². The summed E-state index contributed by atoms with van der Waals surface area (Å²) in [6.45, 7) is 0. The van der Waals surface area contributed by atoms with Crippen molar-refractivity contribution < 1.29 is 14.7 Å². The van der Waals surface area contributed by atoms with E-state index < -0.39 is 11.8 Å². The number of rotatable bonds is 3. The van der Waals surface area contributed by atoms with Crippen LogP contribution in [0.4, 0.5) is 0 Å². The number of carbonyl (C=O) groups is 2. The monoisotopic (exact) mass is 320 g/mol. The molecule has 1 rings (SSSR count). The summed E-state index contributed by atoms with van der Waals surface area (Å²) in [6, 6.07) is 5.31. The highest BCUT2D eigenvalue weighted by molar-refractivity contribution is 9.11. The summed E-state index contributed by atoms with van der Waals surface area (Å²) >= 11 is 6.50. The third-order valence-electron chi connectivity index (χ3n) is 1.64. The summed E-state index contributed by atoms with van der Waals surface area (Å²) in [5, 5.41) is 8.44. The fourth-order valence-electron chi connectivity index (χ4n) is 0.937. The molecule has 0 aliphatic heterocycles. The number of hydrogen-bond acceptors (Lipinski definition) is 2. The fraction of sp³-hybridized carbons (Fsp3) is 0.111. The van der Waals surface area contributed by atoms with Gasteiger partial charge in [-0.2, -0.15) is 0 Å². The van der Waals surface area contributed by atoms with Crippen LogP contribution in [0, 0.1) is 0 Å². The lowest BCUT2D eigenvalue weighted by atomic mass is 10.1. The summed E-state index contributed by atoms with van der Waals surface area (Å²) in [4.78, 5) is 21.3. The molecule has 74 valence electrons. The Morgan fingerprint density at radius 3 is 2.14 bits per heavy atom. The second kappa shape index (κ2) is 4.70. The Morgan fingerprint density at radius 2 is 1.71 bits per heavy atom. The van der Waals surface area contributed by atoms with E-state index in [2.05, 4.69) is 31.9 Å². The van der Waals surface area contributed by atoms with Crippen molar-refractivity contribution in [2.75, 3.05) is 0 Å². The molecule has 1 aromatic rings. The lowest BCUT2D eigenvalue weighted by molar-refractivity contribution is -0.148.